The van der Waals surface area contributed by atoms with Gasteiger partial charge >= 0.3 is 6.18 Å². The Morgan fingerprint density at radius 1 is 0.968 bits per heavy atom. The van der Waals surface area contributed by atoms with E-state index in [4.69, 9.17) is 11.6 Å². The molecule has 10 heteroatoms. The third kappa shape index (κ3) is 5.00. The average Bonchev–Trinajstić information content (AvgIpc) is 2.74. The van der Waals surface area contributed by atoms with Crippen molar-refractivity contribution in [2.45, 2.75) is 11.1 Å². The number of anilines is 2. The van der Waals surface area contributed by atoms with Crippen LogP contribution in [0.1, 0.15) is 15.9 Å². The Morgan fingerprint density at radius 3 is 2.16 bits per heavy atom. The zero-order valence-electron chi connectivity index (χ0n) is 16.0. The number of sulfonamides is 1. The van der Waals surface area contributed by atoms with Crippen LogP contribution in [0, 0.1) is 0 Å². The first-order chi connectivity index (χ1) is 14.5. The SMILES string of the molecule is CN(c1ccc(C(=O)Nc2ccc(Cl)c(C(F)(F)F)c2)cc1)S(=O)(=O)c1ccccc1. The summed E-state index contributed by atoms with van der Waals surface area (Å²) < 4.78 is 65.4. The van der Waals surface area contributed by atoms with Crippen LogP contribution in [0.15, 0.2) is 77.7 Å². The molecule has 0 radical (unpaired) electrons. The van der Waals surface area contributed by atoms with Crippen molar-refractivity contribution in [3.05, 3.63) is 88.9 Å². The second-order valence-electron chi connectivity index (χ2n) is 6.48. The van der Waals surface area contributed by atoms with Crippen molar-refractivity contribution in [2.75, 3.05) is 16.7 Å². The molecule has 0 heterocycles. The number of hydrogen-bond acceptors (Lipinski definition) is 3. The molecule has 1 amide bonds. The molecular weight excluding hydrogens is 453 g/mol. The number of rotatable bonds is 5. The van der Waals surface area contributed by atoms with Crippen LogP contribution in [0.2, 0.25) is 5.02 Å². The maximum absolute atomic E-state index is 13.0. The number of hydrogen-bond donors (Lipinski definition) is 1. The van der Waals surface area contributed by atoms with Gasteiger partial charge in [0.25, 0.3) is 15.9 Å². The quantitative estimate of drug-likeness (QED) is 0.542. The summed E-state index contributed by atoms with van der Waals surface area (Å²) in [6.07, 6.45) is -4.66. The topological polar surface area (TPSA) is 66.5 Å². The first kappa shape index (κ1) is 22.6. The van der Waals surface area contributed by atoms with Crippen molar-refractivity contribution in [1.82, 2.24) is 0 Å². The van der Waals surface area contributed by atoms with E-state index in [2.05, 4.69) is 5.32 Å². The lowest BCUT2D eigenvalue weighted by atomic mass is 10.1. The van der Waals surface area contributed by atoms with Gasteiger partial charge in [0.15, 0.2) is 0 Å². The molecule has 0 aromatic heterocycles. The highest BCUT2D eigenvalue weighted by Gasteiger charge is 2.33. The molecule has 1 N–H and O–H groups in total. The van der Waals surface area contributed by atoms with Crippen LogP contribution >= 0.6 is 11.6 Å². The van der Waals surface area contributed by atoms with Crippen LogP contribution in [0.5, 0.6) is 0 Å². The van der Waals surface area contributed by atoms with Gasteiger partial charge in [-0.15, -0.1) is 0 Å². The maximum atomic E-state index is 13.0. The molecule has 0 aliphatic carbocycles. The summed E-state index contributed by atoms with van der Waals surface area (Å²) in [7, 11) is -2.40. The number of halogens is 4. The molecule has 0 saturated carbocycles. The molecule has 0 fully saturated rings. The molecule has 3 rings (SSSR count). The molecule has 3 aromatic rings. The van der Waals surface area contributed by atoms with Crippen molar-refractivity contribution >= 4 is 38.9 Å². The minimum absolute atomic E-state index is 0.0745. The van der Waals surface area contributed by atoms with Gasteiger partial charge in [-0.1, -0.05) is 29.8 Å². The summed E-state index contributed by atoms with van der Waals surface area (Å²) >= 11 is 5.58. The van der Waals surface area contributed by atoms with Gasteiger partial charge in [-0.3, -0.25) is 9.10 Å². The Balaban J connectivity index is 1.78. The predicted octanol–water partition coefficient (Wildman–Crippen LogP) is 5.44. The van der Waals surface area contributed by atoms with Gasteiger partial charge in [0.1, 0.15) is 0 Å². The van der Waals surface area contributed by atoms with Crippen molar-refractivity contribution < 1.29 is 26.4 Å². The molecule has 5 nitrogen and oxygen atoms in total. The van der Waals surface area contributed by atoms with E-state index < -0.39 is 32.7 Å². The molecule has 0 aliphatic rings. The van der Waals surface area contributed by atoms with E-state index in [1.807, 2.05) is 0 Å². The molecule has 0 bridgehead atoms. The monoisotopic (exact) mass is 468 g/mol. The summed E-state index contributed by atoms with van der Waals surface area (Å²) in [5.41, 5.74) is -0.686. The van der Waals surface area contributed by atoms with Gasteiger partial charge in [0.05, 0.1) is 21.2 Å². The molecule has 0 unspecified atom stereocenters. The fourth-order valence-electron chi connectivity index (χ4n) is 2.74. The Labute approximate surface area is 182 Å². The van der Waals surface area contributed by atoms with Crippen LogP contribution in [0.4, 0.5) is 24.5 Å². The van der Waals surface area contributed by atoms with Gasteiger partial charge in [-0.05, 0) is 54.6 Å². The van der Waals surface area contributed by atoms with E-state index in [1.54, 1.807) is 18.2 Å². The van der Waals surface area contributed by atoms with Crippen molar-refractivity contribution in [2.24, 2.45) is 0 Å². The predicted molar refractivity (Wildman–Crippen MR) is 113 cm³/mol. The number of nitrogens with one attached hydrogen (secondary N) is 1. The molecule has 162 valence electrons. The van der Waals surface area contributed by atoms with Crippen LogP contribution < -0.4 is 9.62 Å². The number of nitrogens with zero attached hydrogens (tertiary/aromatic N) is 1. The fraction of sp³-hybridized carbons (Fsp3) is 0.0952. The van der Waals surface area contributed by atoms with E-state index >= 15 is 0 Å². The van der Waals surface area contributed by atoms with Gasteiger partial charge in [0.2, 0.25) is 0 Å². The Hall–Kier alpha value is -3.04. The fourth-order valence-corrected chi connectivity index (χ4v) is 4.18. The third-order valence-electron chi connectivity index (χ3n) is 4.42. The first-order valence-corrected chi connectivity index (χ1v) is 10.6. The van der Waals surface area contributed by atoms with E-state index in [1.165, 1.54) is 49.5 Å². The highest BCUT2D eigenvalue weighted by molar-refractivity contribution is 7.92. The lowest BCUT2D eigenvalue weighted by Gasteiger charge is -2.19. The maximum Gasteiger partial charge on any atom is 0.417 e. The van der Waals surface area contributed by atoms with Crippen LogP contribution in [0.25, 0.3) is 0 Å². The van der Waals surface area contributed by atoms with E-state index in [-0.39, 0.29) is 16.1 Å². The first-order valence-electron chi connectivity index (χ1n) is 8.82. The molecule has 31 heavy (non-hydrogen) atoms. The zero-order chi connectivity index (χ0) is 22.8. The standard InChI is InChI=1S/C21H16ClF3N2O3S/c1-27(31(29,30)17-5-3-2-4-6-17)16-10-7-14(8-11-16)20(28)26-15-9-12-19(22)18(13-15)21(23,24)25/h2-13H,1H3,(H,26,28). The highest BCUT2D eigenvalue weighted by Crippen LogP contribution is 2.36. The summed E-state index contributed by atoms with van der Waals surface area (Å²) in [6, 6.07) is 16.5. The smallest absolute Gasteiger partial charge is 0.322 e. The number of benzene rings is 3. The molecular formula is C21H16ClF3N2O3S. The van der Waals surface area contributed by atoms with Gasteiger partial charge < -0.3 is 5.32 Å². The third-order valence-corrected chi connectivity index (χ3v) is 6.55. The molecule has 3 aromatic carbocycles. The molecule has 0 spiro atoms. The van der Waals surface area contributed by atoms with Crippen molar-refractivity contribution in [1.29, 1.82) is 0 Å². The van der Waals surface area contributed by atoms with Crippen LogP contribution in [-0.4, -0.2) is 21.4 Å². The van der Waals surface area contributed by atoms with Crippen molar-refractivity contribution in [3.63, 3.8) is 0 Å². The summed E-state index contributed by atoms with van der Waals surface area (Å²) in [5.74, 6) is -0.657. The highest BCUT2D eigenvalue weighted by atomic mass is 35.5. The van der Waals surface area contributed by atoms with E-state index in [0.717, 1.165) is 16.4 Å². The Kier molecular flexibility index (Phi) is 6.28. The van der Waals surface area contributed by atoms with Crippen LogP contribution in [-0.2, 0) is 16.2 Å². The number of alkyl halides is 3. The van der Waals surface area contributed by atoms with Gasteiger partial charge in [-0.25, -0.2) is 8.42 Å². The van der Waals surface area contributed by atoms with Gasteiger partial charge in [-0.2, -0.15) is 13.2 Å². The lowest BCUT2D eigenvalue weighted by molar-refractivity contribution is -0.137. The Morgan fingerprint density at radius 2 is 1.58 bits per heavy atom. The minimum Gasteiger partial charge on any atom is -0.322 e. The summed E-state index contributed by atoms with van der Waals surface area (Å²) in [6.45, 7) is 0. The molecule has 0 atom stereocenters. The average molecular weight is 469 g/mol. The molecule has 0 saturated heterocycles. The Bertz CT molecular complexity index is 1200. The zero-order valence-corrected chi connectivity index (χ0v) is 17.6. The second kappa shape index (κ2) is 8.60. The van der Waals surface area contributed by atoms with E-state index in [9.17, 15) is 26.4 Å². The van der Waals surface area contributed by atoms with E-state index in [0.29, 0.717) is 5.69 Å². The summed E-state index contributed by atoms with van der Waals surface area (Å²) in [5, 5.41) is 1.90. The molecule has 0 aliphatic heterocycles. The largest absolute Gasteiger partial charge is 0.417 e. The number of amides is 1. The lowest BCUT2D eigenvalue weighted by Crippen LogP contribution is -2.26. The van der Waals surface area contributed by atoms with Gasteiger partial charge in [0, 0.05) is 18.3 Å². The normalized spacial score (nSPS) is 11.8. The number of carbonyl (C=O) groups is 1. The summed E-state index contributed by atoms with van der Waals surface area (Å²) in [4.78, 5) is 12.5. The second-order valence-corrected chi connectivity index (χ2v) is 8.86. The number of carbonyl (C=O) groups excluding carboxylic acids is 1. The van der Waals surface area contributed by atoms with Crippen molar-refractivity contribution in [3.8, 4) is 0 Å². The minimum atomic E-state index is -4.66. The van der Waals surface area contributed by atoms with Crippen LogP contribution in [0.3, 0.4) is 0 Å².